The van der Waals surface area contributed by atoms with E-state index in [0.29, 0.717) is 5.95 Å². The summed E-state index contributed by atoms with van der Waals surface area (Å²) in [5.74, 6) is 0.534. The molecule has 0 radical (unpaired) electrons. The molecule has 33 heavy (non-hydrogen) atoms. The number of benzene rings is 4. The topological polar surface area (TPSA) is 42.5 Å². The maximum atomic E-state index is 4.59. The molecular formula is C29H24N4. The van der Waals surface area contributed by atoms with Crippen LogP contribution < -0.4 is 0 Å². The summed E-state index contributed by atoms with van der Waals surface area (Å²) in [6.45, 7) is 2.06. The molecule has 0 amide bonds. The lowest BCUT2D eigenvalue weighted by molar-refractivity contribution is 0.517. The summed E-state index contributed by atoms with van der Waals surface area (Å²) in [5.41, 5.74) is 4.67. The van der Waals surface area contributed by atoms with Gasteiger partial charge in [0, 0.05) is 12.4 Å². The zero-order valence-electron chi connectivity index (χ0n) is 18.4. The number of hydrogen-bond donors (Lipinski definition) is 0. The molecule has 160 valence electrons. The Balaban J connectivity index is 1.76. The number of azo groups is 1. The Morgan fingerprint density at radius 1 is 0.606 bits per heavy atom. The van der Waals surface area contributed by atoms with E-state index in [1.807, 2.05) is 48.7 Å². The van der Waals surface area contributed by atoms with E-state index in [0.717, 1.165) is 22.4 Å². The number of imidazole rings is 1. The maximum Gasteiger partial charge on any atom is 0.250 e. The summed E-state index contributed by atoms with van der Waals surface area (Å²) in [7, 11) is 0. The van der Waals surface area contributed by atoms with Crippen LogP contribution in [-0.4, -0.2) is 9.55 Å². The van der Waals surface area contributed by atoms with Crippen molar-refractivity contribution in [1.82, 2.24) is 9.55 Å². The van der Waals surface area contributed by atoms with Crippen LogP contribution in [0.25, 0.3) is 0 Å². The Morgan fingerprint density at radius 3 is 1.58 bits per heavy atom. The van der Waals surface area contributed by atoms with E-state index in [4.69, 9.17) is 0 Å². The first-order chi connectivity index (χ1) is 16.3. The van der Waals surface area contributed by atoms with Gasteiger partial charge in [0.05, 0.1) is 5.69 Å². The molecule has 5 rings (SSSR count). The predicted octanol–water partition coefficient (Wildman–Crippen LogP) is 7.45. The van der Waals surface area contributed by atoms with Crippen molar-refractivity contribution >= 4 is 11.6 Å². The Morgan fingerprint density at radius 2 is 1.09 bits per heavy atom. The van der Waals surface area contributed by atoms with Gasteiger partial charge in [-0.2, -0.15) is 0 Å². The molecule has 0 aliphatic carbocycles. The van der Waals surface area contributed by atoms with Crippen LogP contribution in [0.2, 0.25) is 0 Å². The van der Waals surface area contributed by atoms with E-state index in [1.54, 1.807) is 6.20 Å². The molecule has 4 nitrogen and oxygen atoms in total. The smallest absolute Gasteiger partial charge is 0.250 e. The van der Waals surface area contributed by atoms with Gasteiger partial charge in [0.25, 0.3) is 5.95 Å². The molecule has 0 unspecified atom stereocenters. The fraction of sp³-hybridized carbons (Fsp3) is 0.0690. The summed E-state index contributed by atoms with van der Waals surface area (Å²) >= 11 is 0. The van der Waals surface area contributed by atoms with Crippen LogP contribution in [0.3, 0.4) is 0 Å². The number of rotatable bonds is 6. The molecule has 0 fully saturated rings. The minimum absolute atomic E-state index is 0.534. The van der Waals surface area contributed by atoms with Gasteiger partial charge in [0.15, 0.2) is 0 Å². The van der Waals surface area contributed by atoms with E-state index < -0.39 is 5.54 Å². The van der Waals surface area contributed by atoms with Gasteiger partial charge in [0.2, 0.25) is 0 Å². The van der Waals surface area contributed by atoms with Crippen LogP contribution in [0.4, 0.5) is 11.6 Å². The summed E-state index contributed by atoms with van der Waals surface area (Å²) in [6.07, 6.45) is 3.77. The van der Waals surface area contributed by atoms with Crippen LogP contribution in [-0.2, 0) is 5.54 Å². The van der Waals surface area contributed by atoms with Gasteiger partial charge in [-0.25, -0.2) is 4.98 Å². The first-order valence-electron chi connectivity index (χ1n) is 11.0. The highest BCUT2D eigenvalue weighted by Crippen LogP contribution is 2.42. The van der Waals surface area contributed by atoms with E-state index in [2.05, 4.69) is 99.5 Å². The second-order valence-electron chi connectivity index (χ2n) is 7.94. The number of aromatic nitrogens is 2. The standard InChI is InChI=1S/C29H24N4/c1-23-17-19-27(20-18-23)31-32-28-30-21-22-33(28)29(24-11-5-2-6-12-24,25-13-7-3-8-14-25)26-15-9-4-10-16-26/h2-22H,1H3. The zero-order valence-corrected chi connectivity index (χ0v) is 18.4. The normalized spacial score (nSPS) is 11.7. The zero-order chi connectivity index (χ0) is 22.5. The van der Waals surface area contributed by atoms with E-state index in [-0.39, 0.29) is 0 Å². The fourth-order valence-electron chi connectivity index (χ4n) is 4.30. The highest BCUT2D eigenvalue weighted by molar-refractivity contribution is 5.52. The summed E-state index contributed by atoms with van der Waals surface area (Å²) in [6, 6.07) is 39.4. The molecule has 4 heteroatoms. The Labute approximate surface area is 193 Å². The van der Waals surface area contributed by atoms with Crippen molar-refractivity contribution in [3.63, 3.8) is 0 Å². The summed E-state index contributed by atoms with van der Waals surface area (Å²) in [5, 5.41) is 9.07. The average Bonchev–Trinajstić information content (AvgIpc) is 3.35. The van der Waals surface area contributed by atoms with Crippen LogP contribution in [0.5, 0.6) is 0 Å². The average molecular weight is 429 g/mol. The fourth-order valence-corrected chi connectivity index (χ4v) is 4.30. The minimum Gasteiger partial charge on any atom is -0.296 e. The third-order valence-electron chi connectivity index (χ3n) is 5.85. The SMILES string of the molecule is Cc1ccc(N=Nc2nccn2C(c2ccccc2)(c2ccccc2)c2ccccc2)cc1. The van der Waals surface area contributed by atoms with Crippen LogP contribution in [0, 0.1) is 6.92 Å². The first-order valence-corrected chi connectivity index (χ1v) is 11.0. The summed E-state index contributed by atoms with van der Waals surface area (Å²) < 4.78 is 2.12. The van der Waals surface area contributed by atoms with E-state index in [9.17, 15) is 0 Å². The minimum atomic E-state index is -0.665. The van der Waals surface area contributed by atoms with E-state index in [1.165, 1.54) is 5.56 Å². The quantitative estimate of drug-likeness (QED) is 0.205. The molecule has 0 aliphatic rings. The molecule has 1 aromatic heterocycles. The molecule has 1 heterocycles. The van der Waals surface area contributed by atoms with Crippen molar-refractivity contribution in [2.75, 3.05) is 0 Å². The Hall–Kier alpha value is -4.31. The number of nitrogens with zero attached hydrogens (tertiary/aromatic N) is 4. The predicted molar refractivity (Wildman–Crippen MR) is 132 cm³/mol. The van der Waals surface area contributed by atoms with Gasteiger partial charge in [-0.1, -0.05) is 109 Å². The monoisotopic (exact) mass is 428 g/mol. The third kappa shape index (κ3) is 3.87. The van der Waals surface area contributed by atoms with Crippen molar-refractivity contribution in [2.45, 2.75) is 12.5 Å². The van der Waals surface area contributed by atoms with Crippen LogP contribution in [0.15, 0.2) is 138 Å². The van der Waals surface area contributed by atoms with Gasteiger partial charge < -0.3 is 0 Å². The molecule has 5 aromatic rings. The second kappa shape index (κ2) is 9.05. The van der Waals surface area contributed by atoms with Crippen molar-refractivity contribution in [3.05, 3.63) is 150 Å². The second-order valence-corrected chi connectivity index (χ2v) is 7.94. The van der Waals surface area contributed by atoms with Crippen LogP contribution in [0.1, 0.15) is 22.3 Å². The lowest BCUT2D eigenvalue weighted by Gasteiger charge is -2.37. The molecule has 0 N–H and O–H groups in total. The van der Waals surface area contributed by atoms with Gasteiger partial charge in [-0.15, -0.1) is 10.2 Å². The molecular weight excluding hydrogens is 404 g/mol. The first kappa shape index (κ1) is 20.6. The Bertz CT molecular complexity index is 1240. The van der Waals surface area contributed by atoms with Crippen LogP contribution >= 0.6 is 0 Å². The van der Waals surface area contributed by atoms with Crippen molar-refractivity contribution in [3.8, 4) is 0 Å². The molecule has 0 spiro atoms. The van der Waals surface area contributed by atoms with Gasteiger partial charge in [-0.05, 0) is 35.7 Å². The largest absolute Gasteiger partial charge is 0.296 e. The molecule has 0 atom stereocenters. The van der Waals surface area contributed by atoms with Crippen molar-refractivity contribution in [1.29, 1.82) is 0 Å². The van der Waals surface area contributed by atoms with Gasteiger partial charge >= 0.3 is 0 Å². The van der Waals surface area contributed by atoms with Crippen molar-refractivity contribution < 1.29 is 0 Å². The Kier molecular flexibility index (Phi) is 5.64. The van der Waals surface area contributed by atoms with Crippen molar-refractivity contribution in [2.24, 2.45) is 10.2 Å². The molecule has 0 bridgehead atoms. The highest BCUT2D eigenvalue weighted by Gasteiger charge is 2.39. The van der Waals surface area contributed by atoms with Gasteiger partial charge in [-0.3, -0.25) is 4.57 Å². The third-order valence-corrected chi connectivity index (χ3v) is 5.85. The number of hydrogen-bond acceptors (Lipinski definition) is 3. The van der Waals surface area contributed by atoms with E-state index >= 15 is 0 Å². The molecule has 0 aliphatic heterocycles. The van der Waals surface area contributed by atoms with Gasteiger partial charge in [0.1, 0.15) is 5.54 Å². The summed E-state index contributed by atoms with van der Waals surface area (Å²) in [4.78, 5) is 4.59. The lowest BCUT2D eigenvalue weighted by Crippen LogP contribution is -2.37. The maximum absolute atomic E-state index is 4.59. The lowest BCUT2D eigenvalue weighted by atomic mass is 9.76. The molecule has 0 saturated heterocycles. The number of aryl methyl sites for hydroxylation is 1. The highest BCUT2D eigenvalue weighted by atomic mass is 15.3. The molecule has 4 aromatic carbocycles. The molecule has 0 saturated carbocycles.